The van der Waals surface area contributed by atoms with Gasteiger partial charge in [-0.15, -0.1) is 11.8 Å². The Morgan fingerprint density at radius 2 is 1.94 bits per heavy atom. The second-order valence-corrected chi connectivity index (χ2v) is 5.17. The molecule has 0 atom stereocenters. The topological polar surface area (TPSA) is 17.8 Å². The van der Waals surface area contributed by atoms with Crippen molar-refractivity contribution < 1.29 is 8.78 Å². The Bertz CT molecular complexity index is 525. The molecule has 2 rings (SSSR count). The Kier molecular flexibility index (Phi) is 4.48. The molecule has 0 spiro atoms. The molecule has 2 nitrogen and oxygen atoms in total. The van der Waals surface area contributed by atoms with E-state index in [1.807, 2.05) is 0 Å². The van der Waals surface area contributed by atoms with Crippen LogP contribution >= 0.6 is 35.0 Å². The number of aromatic nitrogens is 2. The second kappa shape index (κ2) is 5.91. The van der Waals surface area contributed by atoms with Crippen LogP contribution in [-0.2, 0) is 5.75 Å². The van der Waals surface area contributed by atoms with Crippen molar-refractivity contribution in [2.75, 3.05) is 0 Å². The van der Waals surface area contributed by atoms with E-state index in [1.165, 1.54) is 24.2 Å². The molecule has 96 valence electrons. The molecular formula is C11H8Cl2F2N2S. The van der Waals surface area contributed by atoms with Crippen LogP contribution in [0, 0.1) is 0 Å². The molecule has 0 aliphatic heterocycles. The first kappa shape index (κ1) is 13.6. The molecular weight excluding hydrogens is 301 g/mol. The summed E-state index contributed by atoms with van der Waals surface area (Å²) in [7, 11) is 0. The van der Waals surface area contributed by atoms with E-state index >= 15 is 0 Å². The van der Waals surface area contributed by atoms with Crippen LogP contribution in [0.4, 0.5) is 8.78 Å². The predicted octanol–water partition coefficient (Wildman–Crippen LogP) is 4.88. The number of imidazole rings is 1. The molecule has 0 aliphatic carbocycles. The summed E-state index contributed by atoms with van der Waals surface area (Å²) in [6.45, 7) is -2.59. The fraction of sp³-hybridized carbons (Fsp3) is 0.182. The van der Waals surface area contributed by atoms with Crippen LogP contribution in [-0.4, -0.2) is 9.55 Å². The highest BCUT2D eigenvalue weighted by molar-refractivity contribution is 7.98. The SMILES string of the molecule is FC(F)n1ccnc1CSc1c(Cl)cccc1Cl. The smallest absolute Gasteiger partial charge is 0.277 e. The van der Waals surface area contributed by atoms with Crippen molar-refractivity contribution in [3.05, 3.63) is 46.5 Å². The van der Waals surface area contributed by atoms with Crippen LogP contribution in [0.15, 0.2) is 35.5 Å². The second-order valence-electron chi connectivity index (χ2n) is 3.37. The van der Waals surface area contributed by atoms with E-state index in [2.05, 4.69) is 4.98 Å². The summed E-state index contributed by atoms with van der Waals surface area (Å²) in [6, 6.07) is 5.14. The predicted molar refractivity (Wildman–Crippen MR) is 69.5 cm³/mol. The Morgan fingerprint density at radius 3 is 2.56 bits per heavy atom. The Morgan fingerprint density at radius 1 is 1.28 bits per heavy atom. The Labute approximate surface area is 117 Å². The monoisotopic (exact) mass is 308 g/mol. The zero-order valence-corrected chi connectivity index (χ0v) is 11.3. The molecule has 1 aromatic heterocycles. The van der Waals surface area contributed by atoms with E-state index in [9.17, 15) is 8.78 Å². The van der Waals surface area contributed by atoms with Gasteiger partial charge in [0.1, 0.15) is 5.82 Å². The van der Waals surface area contributed by atoms with Crippen molar-refractivity contribution in [2.24, 2.45) is 0 Å². The standard InChI is InChI=1S/C11H8Cl2F2N2S/c12-7-2-1-3-8(13)10(7)18-6-9-16-4-5-17(9)11(14)15/h1-5,11H,6H2. The molecule has 0 fully saturated rings. The molecule has 0 unspecified atom stereocenters. The van der Waals surface area contributed by atoms with Crippen molar-refractivity contribution in [1.29, 1.82) is 0 Å². The lowest BCUT2D eigenvalue weighted by atomic mass is 10.4. The van der Waals surface area contributed by atoms with Gasteiger partial charge in [-0.3, -0.25) is 4.57 Å². The minimum absolute atomic E-state index is 0.279. The van der Waals surface area contributed by atoms with E-state index in [1.54, 1.807) is 18.2 Å². The number of hydrogen-bond acceptors (Lipinski definition) is 2. The summed E-state index contributed by atoms with van der Waals surface area (Å²) in [4.78, 5) is 4.56. The summed E-state index contributed by atoms with van der Waals surface area (Å²) in [5, 5.41) is 1.00. The maximum Gasteiger partial charge on any atom is 0.319 e. The third-order valence-electron chi connectivity index (χ3n) is 2.22. The fourth-order valence-corrected chi connectivity index (χ4v) is 3.02. The molecule has 0 amide bonds. The maximum absolute atomic E-state index is 12.6. The minimum Gasteiger partial charge on any atom is -0.277 e. The van der Waals surface area contributed by atoms with E-state index in [0.29, 0.717) is 14.9 Å². The minimum atomic E-state index is -2.59. The summed E-state index contributed by atoms with van der Waals surface area (Å²) in [5.41, 5.74) is 0. The number of rotatable bonds is 4. The molecule has 0 saturated heterocycles. The van der Waals surface area contributed by atoms with Gasteiger partial charge < -0.3 is 0 Å². The zero-order valence-electron chi connectivity index (χ0n) is 8.99. The van der Waals surface area contributed by atoms with Gasteiger partial charge in [-0.25, -0.2) is 4.98 Å². The number of nitrogens with zero attached hydrogens (tertiary/aromatic N) is 2. The molecule has 2 aromatic rings. The maximum atomic E-state index is 12.6. The van der Waals surface area contributed by atoms with Gasteiger partial charge in [0.2, 0.25) is 0 Å². The van der Waals surface area contributed by atoms with Gasteiger partial charge in [-0.1, -0.05) is 29.3 Å². The quantitative estimate of drug-likeness (QED) is 0.749. The fourth-order valence-electron chi connectivity index (χ4n) is 1.39. The van der Waals surface area contributed by atoms with Gasteiger partial charge in [0.15, 0.2) is 0 Å². The molecule has 18 heavy (non-hydrogen) atoms. The summed E-state index contributed by atoms with van der Waals surface area (Å²) in [5.74, 6) is 0.562. The molecule has 1 aromatic carbocycles. The molecule has 1 heterocycles. The highest BCUT2D eigenvalue weighted by atomic mass is 35.5. The van der Waals surface area contributed by atoms with Crippen molar-refractivity contribution in [1.82, 2.24) is 9.55 Å². The van der Waals surface area contributed by atoms with Crippen LogP contribution in [0.1, 0.15) is 12.4 Å². The lowest BCUT2D eigenvalue weighted by Gasteiger charge is -2.08. The summed E-state index contributed by atoms with van der Waals surface area (Å²) in [6.07, 6.45) is 2.59. The number of benzene rings is 1. The van der Waals surface area contributed by atoms with E-state index < -0.39 is 6.55 Å². The van der Waals surface area contributed by atoms with Crippen LogP contribution in [0.5, 0.6) is 0 Å². The Balaban J connectivity index is 2.14. The van der Waals surface area contributed by atoms with Crippen molar-refractivity contribution in [3.8, 4) is 0 Å². The summed E-state index contributed by atoms with van der Waals surface area (Å²) >= 11 is 13.3. The van der Waals surface area contributed by atoms with Crippen LogP contribution in [0.25, 0.3) is 0 Å². The molecule has 0 bridgehead atoms. The number of halogens is 4. The normalized spacial score (nSPS) is 11.2. The van der Waals surface area contributed by atoms with Gasteiger partial charge in [-0.05, 0) is 12.1 Å². The number of alkyl halides is 2. The van der Waals surface area contributed by atoms with Gasteiger partial charge >= 0.3 is 6.55 Å². The lowest BCUT2D eigenvalue weighted by molar-refractivity contribution is 0.0678. The molecule has 0 radical (unpaired) electrons. The third kappa shape index (κ3) is 2.96. The zero-order chi connectivity index (χ0) is 13.1. The van der Waals surface area contributed by atoms with Gasteiger partial charge in [0.25, 0.3) is 0 Å². The molecule has 7 heteroatoms. The van der Waals surface area contributed by atoms with E-state index in [4.69, 9.17) is 23.2 Å². The summed E-state index contributed by atoms with van der Waals surface area (Å²) < 4.78 is 26.0. The largest absolute Gasteiger partial charge is 0.319 e. The third-order valence-corrected chi connectivity index (χ3v) is 4.21. The number of hydrogen-bond donors (Lipinski definition) is 0. The molecule has 0 saturated carbocycles. The van der Waals surface area contributed by atoms with E-state index in [-0.39, 0.29) is 11.6 Å². The van der Waals surface area contributed by atoms with Gasteiger partial charge in [0, 0.05) is 17.3 Å². The van der Waals surface area contributed by atoms with Crippen LogP contribution in [0.2, 0.25) is 10.0 Å². The lowest BCUT2D eigenvalue weighted by Crippen LogP contribution is -2.02. The highest BCUT2D eigenvalue weighted by Gasteiger charge is 2.13. The van der Waals surface area contributed by atoms with Gasteiger partial charge in [0.05, 0.1) is 15.8 Å². The first-order chi connectivity index (χ1) is 8.59. The van der Waals surface area contributed by atoms with Crippen molar-refractivity contribution in [2.45, 2.75) is 17.2 Å². The first-order valence-corrected chi connectivity index (χ1v) is 6.70. The Hall–Kier alpha value is -0.780. The molecule has 0 N–H and O–H groups in total. The average molecular weight is 309 g/mol. The van der Waals surface area contributed by atoms with Gasteiger partial charge in [-0.2, -0.15) is 8.78 Å². The average Bonchev–Trinajstić information content (AvgIpc) is 2.76. The van der Waals surface area contributed by atoms with Crippen molar-refractivity contribution >= 4 is 35.0 Å². The number of thioether (sulfide) groups is 1. The van der Waals surface area contributed by atoms with Crippen LogP contribution in [0.3, 0.4) is 0 Å². The van der Waals surface area contributed by atoms with E-state index in [0.717, 1.165) is 4.57 Å². The van der Waals surface area contributed by atoms with Crippen LogP contribution < -0.4 is 0 Å². The first-order valence-electron chi connectivity index (χ1n) is 4.96. The molecule has 0 aliphatic rings. The highest BCUT2D eigenvalue weighted by Crippen LogP contribution is 2.35. The van der Waals surface area contributed by atoms with Crippen molar-refractivity contribution in [3.63, 3.8) is 0 Å².